The Balaban J connectivity index is 1.76. The van der Waals surface area contributed by atoms with E-state index in [1.807, 2.05) is 30.3 Å². The standard InChI is InChI=1S/C25H28N2O2/c1-25(2,3)21-11-9-18(10-12-21)19-5-4-6-20(15-19)23(28)24(29)27-22-13-7-17(16-26)8-14-22/h4-15,23,28H,16,26H2,1-3H3,(H,27,29). The number of carbonyl (C=O) groups is 1. The van der Waals surface area contributed by atoms with E-state index in [0.717, 1.165) is 16.7 Å². The van der Waals surface area contributed by atoms with Crippen LogP contribution in [0.1, 0.15) is 43.6 Å². The third-order valence-corrected chi connectivity index (χ3v) is 4.99. The van der Waals surface area contributed by atoms with E-state index in [0.29, 0.717) is 17.8 Å². The van der Waals surface area contributed by atoms with Crippen molar-refractivity contribution in [2.75, 3.05) is 5.32 Å². The summed E-state index contributed by atoms with van der Waals surface area (Å²) < 4.78 is 0. The van der Waals surface area contributed by atoms with Crippen LogP contribution in [0.2, 0.25) is 0 Å². The Morgan fingerprint density at radius 2 is 1.62 bits per heavy atom. The first-order valence-corrected chi connectivity index (χ1v) is 9.77. The maximum Gasteiger partial charge on any atom is 0.257 e. The van der Waals surface area contributed by atoms with E-state index in [2.05, 4.69) is 50.4 Å². The van der Waals surface area contributed by atoms with E-state index in [4.69, 9.17) is 5.73 Å². The van der Waals surface area contributed by atoms with Gasteiger partial charge in [-0.25, -0.2) is 0 Å². The highest BCUT2D eigenvalue weighted by atomic mass is 16.3. The largest absolute Gasteiger partial charge is 0.378 e. The summed E-state index contributed by atoms with van der Waals surface area (Å²) in [5, 5.41) is 13.3. The minimum atomic E-state index is -1.25. The van der Waals surface area contributed by atoms with Crippen molar-refractivity contribution in [1.29, 1.82) is 0 Å². The van der Waals surface area contributed by atoms with Gasteiger partial charge in [-0.3, -0.25) is 4.79 Å². The molecule has 0 fully saturated rings. The fourth-order valence-electron chi connectivity index (χ4n) is 3.14. The summed E-state index contributed by atoms with van der Waals surface area (Å²) in [7, 11) is 0. The predicted molar refractivity (Wildman–Crippen MR) is 119 cm³/mol. The lowest BCUT2D eigenvalue weighted by atomic mass is 9.86. The molecule has 0 spiro atoms. The second-order valence-electron chi connectivity index (χ2n) is 8.25. The van der Waals surface area contributed by atoms with Crippen molar-refractivity contribution in [3.05, 3.63) is 89.5 Å². The highest BCUT2D eigenvalue weighted by Gasteiger charge is 2.18. The highest BCUT2D eigenvalue weighted by Crippen LogP contribution is 2.28. The molecule has 0 aliphatic rings. The molecule has 0 saturated heterocycles. The molecular weight excluding hydrogens is 360 g/mol. The molecule has 0 aromatic heterocycles. The number of amides is 1. The molecule has 0 heterocycles. The van der Waals surface area contributed by atoms with Crippen molar-refractivity contribution in [2.45, 2.75) is 38.8 Å². The number of anilines is 1. The second kappa shape index (κ2) is 8.60. The van der Waals surface area contributed by atoms with Crippen molar-refractivity contribution in [3.63, 3.8) is 0 Å². The molecule has 4 heteroatoms. The molecule has 1 amide bonds. The van der Waals surface area contributed by atoms with Crippen LogP contribution < -0.4 is 11.1 Å². The number of carbonyl (C=O) groups excluding carboxylic acids is 1. The van der Waals surface area contributed by atoms with Crippen LogP contribution in [0.4, 0.5) is 5.69 Å². The molecule has 4 N–H and O–H groups in total. The minimum absolute atomic E-state index is 0.0943. The maximum atomic E-state index is 12.5. The van der Waals surface area contributed by atoms with E-state index in [-0.39, 0.29) is 5.41 Å². The van der Waals surface area contributed by atoms with Crippen molar-refractivity contribution in [1.82, 2.24) is 0 Å². The van der Waals surface area contributed by atoms with Crippen LogP contribution in [-0.4, -0.2) is 11.0 Å². The lowest BCUT2D eigenvalue weighted by Gasteiger charge is -2.19. The zero-order valence-electron chi connectivity index (χ0n) is 17.1. The Hall–Kier alpha value is -2.95. The van der Waals surface area contributed by atoms with Gasteiger partial charge in [-0.1, -0.05) is 75.4 Å². The first-order valence-electron chi connectivity index (χ1n) is 9.77. The number of aliphatic hydroxyl groups excluding tert-OH is 1. The number of rotatable bonds is 5. The van der Waals surface area contributed by atoms with Gasteiger partial charge < -0.3 is 16.2 Å². The number of nitrogens with two attached hydrogens (primary N) is 1. The minimum Gasteiger partial charge on any atom is -0.378 e. The summed E-state index contributed by atoms with van der Waals surface area (Å²) in [5.74, 6) is -0.467. The third-order valence-electron chi connectivity index (χ3n) is 4.99. The second-order valence-corrected chi connectivity index (χ2v) is 8.25. The third kappa shape index (κ3) is 5.11. The molecule has 0 aliphatic heterocycles. The van der Waals surface area contributed by atoms with E-state index in [1.165, 1.54) is 5.56 Å². The maximum absolute atomic E-state index is 12.5. The zero-order valence-corrected chi connectivity index (χ0v) is 17.1. The Morgan fingerprint density at radius 3 is 2.21 bits per heavy atom. The first kappa shape index (κ1) is 20.8. The number of nitrogens with one attached hydrogen (secondary N) is 1. The Labute approximate surface area is 172 Å². The van der Waals surface area contributed by atoms with Gasteiger partial charge in [0.2, 0.25) is 0 Å². The van der Waals surface area contributed by atoms with Crippen LogP contribution in [0, 0.1) is 0 Å². The summed E-state index contributed by atoms with van der Waals surface area (Å²) in [6, 6.07) is 23.1. The van der Waals surface area contributed by atoms with E-state index >= 15 is 0 Å². The van der Waals surface area contributed by atoms with Gasteiger partial charge in [-0.2, -0.15) is 0 Å². The Morgan fingerprint density at radius 1 is 0.966 bits per heavy atom. The molecule has 0 saturated carbocycles. The fraction of sp³-hybridized carbons (Fsp3) is 0.240. The van der Waals surface area contributed by atoms with Gasteiger partial charge in [0.1, 0.15) is 0 Å². The smallest absolute Gasteiger partial charge is 0.257 e. The van der Waals surface area contributed by atoms with Crippen LogP contribution in [0.25, 0.3) is 11.1 Å². The summed E-state index contributed by atoms with van der Waals surface area (Å²) in [4.78, 5) is 12.5. The van der Waals surface area contributed by atoms with Gasteiger partial charge in [0.15, 0.2) is 6.10 Å². The van der Waals surface area contributed by atoms with Crippen molar-refractivity contribution < 1.29 is 9.90 Å². The molecule has 0 radical (unpaired) electrons. The van der Waals surface area contributed by atoms with Gasteiger partial charge in [0.25, 0.3) is 5.91 Å². The van der Waals surface area contributed by atoms with Crippen LogP contribution in [0.15, 0.2) is 72.8 Å². The Bertz CT molecular complexity index is 971. The summed E-state index contributed by atoms with van der Waals surface area (Å²) in [6.07, 6.45) is -1.25. The zero-order chi connectivity index (χ0) is 21.0. The quantitative estimate of drug-likeness (QED) is 0.589. The molecule has 1 atom stereocenters. The van der Waals surface area contributed by atoms with Crippen LogP contribution >= 0.6 is 0 Å². The topological polar surface area (TPSA) is 75.3 Å². The van der Waals surface area contributed by atoms with Crippen molar-refractivity contribution in [3.8, 4) is 11.1 Å². The molecular formula is C25H28N2O2. The van der Waals surface area contributed by atoms with Gasteiger partial charge >= 0.3 is 0 Å². The average molecular weight is 389 g/mol. The van der Waals surface area contributed by atoms with Gasteiger partial charge in [0.05, 0.1) is 0 Å². The molecule has 1 unspecified atom stereocenters. The normalized spacial score (nSPS) is 12.4. The molecule has 3 aromatic carbocycles. The van der Waals surface area contributed by atoms with Gasteiger partial charge in [-0.05, 0) is 51.4 Å². The lowest BCUT2D eigenvalue weighted by molar-refractivity contribution is -0.124. The van der Waals surface area contributed by atoms with Crippen LogP contribution in [0.5, 0.6) is 0 Å². The van der Waals surface area contributed by atoms with E-state index < -0.39 is 12.0 Å². The number of hydrogen-bond donors (Lipinski definition) is 3. The van der Waals surface area contributed by atoms with Crippen LogP contribution in [-0.2, 0) is 16.8 Å². The van der Waals surface area contributed by atoms with E-state index in [1.54, 1.807) is 18.2 Å². The fourth-order valence-corrected chi connectivity index (χ4v) is 3.14. The lowest BCUT2D eigenvalue weighted by Crippen LogP contribution is -2.20. The summed E-state index contributed by atoms with van der Waals surface area (Å²) >= 11 is 0. The predicted octanol–water partition coefficient (Wildman–Crippen LogP) is 4.78. The van der Waals surface area contributed by atoms with Crippen molar-refractivity contribution in [2.24, 2.45) is 5.73 Å². The molecule has 3 rings (SSSR count). The number of benzene rings is 3. The Kier molecular flexibility index (Phi) is 6.16. The molecule has 29 heavy (non-hydrogen) atoms. The summed E-state index contributed by atoms with van der Waals surface area (Å²) in [6.45, 7) is 6.99. The SMILES string of the molecule is CC(C)(C)c1ccc(-c2cccc(C(O)C(=O)Nc3ccc(CN)cc3)c2)cc1. The number of hydrogen-bond acceptors (Lipinski definition) is 3. The summed E-state index contributed by atoms with van der Waals surface area (Å²) in [5.41, 5.74) is 11.1. The molecule has 0 bridgehead atoms. The number of aliphatic hydroxyl groups is 1. The van der Waals surface area contributed by atoms with Crippen LogP contribution in [0.3, 0.4) is 0 Å². The molecule has 0 aliphatic carbocycles. The van der Waals surface area contributed by atoms with Gasteiger partial charge in [0, 0.05) is 12.2 Å². The highest BCUT2D eigenvalue weighted by molar-refractivity contribution is 5.94. The molecule has 3 aromatic rings. The first-order chi connectivity index (χ1) is 13.8. The molecule has 4 nitrogen and oxygen atoms in total. The van der Waals surface area contributed by atoms with Crippen molar-refractivity contribution >= 4 is 11.6 Å². The van der Waals surface area contributed by atoms with Gasteiger partial charge in [-0.15, -0.1) is 0 Å². The monoisotopic (exact) mass is 388 g/mol. The molecule has 150 valence electrons. The van der Waals surface area contributed by atoms with E-state index in [9.17, 15) is 9.90 Å². The average Bonchev–Trinajstić information content (AvgIpc) is 2.73.